The molecule has 31 heavy (non-hydrogen) atoms. The van der Waals surface area contributed by atoms with Crippen molar-refractivity contribution in [2.75, 3.05) is 6.54 Å². The van der Waals surface area contributed by atoms with Gasteiger partial charge in [0.2, 0.25) is 0 Å². The molecule has 1 aromatic heterocycles. The van der Waals surface area contributed by atoms with Gasteiger partial charge in [0.15, 0.2) is 5.54 Å². The molecule has 0 spiro atoms. The van der Waals surface area contributed by atoms with Crippen molar-refractivity contribution in [3.63, 3.8) is 0 Å². The lowest BCUT2D eigenvalue weighted by atomic mass is 9.93. The Kier molecular flexibility index (Phi) is 5.47. The van der Waals surface area contributed by atoms with E-state index in [1.165, 1.54) is 29.5 Å². The zero-order valence-electron chi connectivity index (χ0n) is 16.2. The Hall–Kier alpha value is -3.30. The van der Waals surface area contributed by atoms with Gasteiger partial charge in [-0.3, -0.25) is 14.9 Å². The first-order chi connectivity index (χ1) is 14.8. The Morgan fingerprint density at radius 1 is 1.23 bits per heavy atom. The second kappa shape index (κ2) is 8.09. The third kappa shape index (κ3) is 3.89. The van der Waals surface area contributed by atoms with Crippen LogP contribution in [0.2, 0.25) is 5.02 Å². The lowest BCUT2D eigenvalue weighted by molar-refractivity contribution is -0.124. The highest BCUT2D eigenvalue weighted by Crippen LogP contribution is 2.29. The number of aryl methyl sites for hydroxylation is 1. The van der Waals surface area contributed by atoms with Crippen LogP contribution in [0.15, 0.2) is 48.0 Å². The van der Waals surface area contributed by atoms with Crippen molar-refractivity contribution in [1.29, 1.82) is 0 Å². The third-order valence-electron chi connectivity index (χ3n) is 4.99. The summed E-state index contributed by atoms with van der Waals surface area (Å²) in [6.45, 7) is 1.54. The van der Waals surface area contributed by atoms with Crippen LogP contribution in [0, 0.1) is 12.7 Å². The smallest absolute Gasteiger partial charge is 0.322 e. The molecular weight excluding hydrogens is 443 g/mol. The van der Waals surface area contributed by atoms with E-state index in [0.29, 0.717) is 21.8 Å². The van der Waals surface area contributed by atoms with Crippen LogP contribution >= 0.6 is 22.9 Å². The molecule has 0 bridgehead atoms. The zero-order valence-corrected chi connectivity index (χ0v) is 17.7. The van der Waals surface area contributed by atoms with Crippen molar-refractivity contribution >= 4 is 40.8 Å². The minimum atomic E-state index is -1.53. The summed E-state index contributed by atoms with van der Waals surface area (Å²) in [4.78, 5) is 42.5. The van der Waals surface area contributed by atoms with Crippen molar-refractivity contribution in [3.05, 3.63) is 74.9 Å². The predicted octanol–water partition coefficient (Wildman–Crippen LogP) is 3.38. The van der Waals surface area contributed by atoms with Gasteiger partial charge >= 0.3 is 6.03 Å². The number of carbonyl (C=O) groups is 3. The first-order valence-electron chi connectivity index (χ1n) is 9.18. The Morgan fingerprint density at radius 3 is 2.58 bits per heavy atom. The molecule has 2 aromatic carbocycles. The van der Waals surface area contributed by atoms with Crippen molar-refractivity contribution in [2.24, 2.45) is 0 Å². The van der Waals surface area contributed by atoms with Gasteiger partial charge < -0.3 is 10.6 Å². The van der Waals surface area contributed by atoms with Crippen molar-refractivity contribution in [1.82, 2.24) is 20.9 Å². The fourth-order valence-electron chi connectivity index (χ4n) is 3.47. The van der Waals surface area contributed by atoms with Gasteiger partial charge in [-0.25, -0.2) is 14.2 Å². The molecule has 4 amide bonds. The monoisotopic (exact) mass is 458 g/mol. The second-order valence-corrected chi connectivity index (χ2v) is 8.45. The summed E-state index contributed by atoms with van der Waals surface area (Å²) in [6, 6.07) is 9.76. The highest BCUT2D eigenvalue weighted by Gasteiger charge is 2.50. The Balaban J connectivity index is 1.66. The molecule has 1 atom stereocenters. The first-order valence-corrected chi connectivity index (χ1v) is 10.4. The minimum absolute atomic E-state index is 0.207. The molecule has 1 aliphatic heterocycles. The van der Waals surface area contributed by atoms with Gasteiger partial charge in [0, 0.05) is 15.5 Å². The van der Waals surface area contributed by atoms with Gasteiger partial charge in [0.1, 0.15) is 5.82 Å². The maximum atomic E-state index is 13.9. The van der Waals surface area contributed by atoms with E-state index in [9.17, 15) is 18.8 Å². The van der Waals surface area contributed by atoms with Gasteiger partial charge in [-0.2, -0.15) is 0 Å². The third-order valence-corrected chi connectivity index (χ3v) is 6.00. The topological polar surface area (TPSA) is 100 Å². The molecule has 7 nitrogen and oxygen atoms in total. The lowest BCUT2D eigenvalue weighted by Gasteiger charge is -2.25. The van der Waals surface area contributed by atoms with E-state index in [1.54, 1.807) is 36.7 Å². The standard InChI is InChI=1S/C21H16ClFN4O3S/c1-11-17(25-10-31-11)21(19(29)26-20(30)27-21)9-24-18(28)15-7-6-14(23)8-16(15)12-2-4-13(22)5-3-12/h2-8,10H,9H2,1H3,(H,24,28)(H2,26,27,29,30)/t21-/m1/s1. The summed E-state index contributed by atoms with van der Waals surface area (Å²) in [7, 11) is 0. The molecule has 3 aromatic rings. The molecule has 0 radical (unpaired) electrons. The number of hydrogen-bond acceptors (Lipinski definition) is 5. The normalized spacial score (nSPS) is 17.9. The molecule has 0 unspecified atom stereocenters. The number of aromatic nitrogens is 1. The number of urea groups is 1. The maximum Gasteiger partial charge on any atom is 0.322 e. The van der Waals surface area contributed by atoms with Crippen LogP contribution in [0.25, 0.3) is 11.1 Å². The van der Waals surface area contributed by atoms with E-state index >= 15 is 0 Å². The van der Waals surface area contributed by atoms with E-state index in [4.69, 9.17) is 11.6 Å². The number of benzene rings is 2. The summed E-state index contributed by atoms with van der Waals surface area (Å²) in [6.07, 6.45) is 0. The van der Waals surface area contributed by atoms with Gasteiger partial charge in [0.05, 0.1) is 17.7 Å². The van der Waals surface area contributed by atoms with Gasteiger partial charge in [-0.05, 0) is 48.4 Å². The van der Waals surface area contributed by atoms with Gasteiger partial charge in [-0.1, -0.05) is 23.7 Å². The Bertz CT molecular complexity index is 1200. The highest BCUT2D eigenvalue weighted by atomic mass is 35.5. The summed E-state index contributed by atoms with van der Waals surface area (Å²) in [5, 5.41) is 7.98. The average Bonchev–Trinajstić information content (AvgIpc) is 3.29. The number of amides is 4. The average molecular weight is 459 g/mol. The van der Waals surface area contributed by atoms with E-state index in [1.807, 2.05) is 0 Å². The SMILES string of the molecule is Cc1scnc1[C@@]1(CNC(=O)c2ccc(F)cc2-c2ccc(Cl)cc2)NC(=O)NC1=O. The number of nitrogens with zero attached hydrogens (tertiary/aromatic N) is 1. The first kappa shape index (κ1) is 21.0. The van der Waals surface area contributed by atoms with Crippen LogP contribution in [0.5, 0.6) is 0 Å². The van der Waals surface area contributed by atoms with Gasteiger partial charge in [0.25, 0.3) is 11.8 Å². The van der Waals surface area contributed by atoms with Crippen LogP contribution in [0.1, 0.15) is 20.9 Å². The molecule has 1 aliphatic rings. The number of rotatable bonds is 5. The van der Waals surface area contributed by atoms with E-state index < -0.39 is 29.2 Å². The van der Waals surface area contributed by atoms with Crippen LogP contribution in [0.4, 0.5) is 9.18 Å². The maximum absolute atomic E-state index is 13.9. The van der Waals surface area contributed by atoms with E-state index in [2.05, 4.69) is 20.9 Å². The van der Waals surface area contributed by atoms with Crippen molar-refractivity contribution in [3.8, 4) is 11.1 Å². The minimum Gasteiger partial charge on any atom is -0.349 e. The number of thiazole rings is 1. The predicted molar refractivity (Wildman–Crippen MR) is 114 cm³/mol. The number of halogens is 2. The largest absolute Gasteiger partial charge is 0.349 e. The van der Waals surface area contributed by atoms with Gasteiger partial charge in [-0.15, -0.1) is 11.3 Å². The van der Waals surface area contributed by atoms with E-state index in [0.717, 1.165) is 4.88 Å². The molecule has 1 saturated heterocycles. The van der Waals surface area contributed by atoms with Crippen LogP contribution in [-0.4, -0.2) is 29.4 Å². The Morgan fingerprint density at radius 2 is 1.97 bits per heavy atom. The second-order valence-electron chi connectivity index (χ2n) is 6.95. The molecule has 10 heteroatoms. The summed E-state index contributed by atoms with van der Waals surface area (Å²) in [5.41, 5.74) is 1.57. The van der Waals surface area contributed by atoms with Crippen LogP contribution in [-0.2, 0) is 10.3 Å². The molecule has 1 fully saturated rings. The van der Waals surface area contributed by atoms with Crippen LogP contribution in [0.3, 0.4) is 0 Å². The Labute approximate surface area is 185 Å². The fourth-order valence-corrected chi connectivity index (χ4v) is 4.25. The van der Waals surface area contributed by atoms with E-state index in [-0.39, 0.29) is 12.1 Å². The summed E-state index contributed by atoms with van der Waals surface area (Å²) in [5.74, 6) is -1.64. The molecule has 4 rings (SSSR count). The highest BCUT2D eigenvalue weighted by molar-refractivity contribution is 7.09. The molecule has 158 valence electrons. The number of imide groups is 1. The number of hydrogen-bond donors (Lipinski definition) is 3. The van der Waals surface area contributed by atoms with Crippen molar-refractivity contribution in [2.45, 2.75) is 12.5 Å². The number of carbonyl (C=O) groups excluding carboxylic acids is 3. The lowest BCUT2D eigenvalue weighted by Crippen LogP contribution is -2.53. The molecule has 0 aliphatic carbocycles. The zero-order chi connectivity index (χ0) is 22.2. The molecular formula is C21H16ClFN4O3S. The molecule has 0 saturated carbocycles. The quantitative estimate of drug-likeness (QED) is 0.510. The molecule has 2 heterocycles. The summed E-state index contributed by atoms with van der Waals surface area (Å²) < 4.78 is 13.9. The van der Waals surface area contributed by atoms with Crippen molar-refractivity contribution < 1.29 is 18.8 Å². The fraction of sp³-hybridized carbons (Fsp3) is 0.143. The molecule has 3 N–H and O–H groups in total. The summed E-state index contributed by atoms with van der Waals surface area (Å²) >= 11 is 7.25. The van der Waals surface area contributed by atoms with Crippen LogP contribution < -0.4 is 16.0 Å². The number of nitrogens with one attached hydrogen (secondary N) is 3.